The first-order valence-electron chi connectivity index (χ1n) is 10.5. The highest BCUT2D eigenvalue weighted by molar-refractivity contribution is 7.77. The first kappa shape index (κ1) is 23.7. The number of hydrogen-bond acceptors (Lipinski definition) is 7. The van der Waals surface area contributed by atoms with Crippen LogP contribution in [0.4, 0.5) is 5.69 Å². The number of methoxy groups -OCH3 is 2. The zero-order valence-corrected chi connectivity index (χ0v) is 19.1. The molecule has 1 fully saturated rings. The van der Waals surface area contributed by atoms with E-state index in [1.807, 2.05) is 18.3 Å². The molecule has 0 radical (unpaired) electrons. The van der Waals surface area contributed by atoms with E-state index in [-0.39, 0.29) is 0 Å². The van der Waals surface area contributed by atoms with Crippen LogP contribution in [0.15, 0.2) is 24.4 Å². The van der Waals surface area contributed by atoms with Crippen LogP contribution in [0.5, 0.6) is 11.5 Å². The number of ether oxygens (including phenoxy) is 3. The molecule has 0 saturated carbocycles. The fourth-order valence-corrected chi connectivity index (χ4v) is 4.27. The molecule has 10 heteroatoms. The lowest BCUT2D eigenvalue weighted by Gasteiger charge is -2.36. The average Bonchev–Trinajstić information content (AvgIpc) is 2.78. The Kier molecular flexibility index (Phi) is 8.85. The molecule has 3 N–H and O–H groups in total. The van der Waals surface area contributed by atoms with Gasteiger partial charge in [-0.25, -0.2) is 9.63 Å². The largest absolute Gasteiger partial charge is 0.493 e. The highest BCUT2D eigenvalue weighted by Crippen LogP contribution is 2.37. The van der Waals surface area contributed by atoms with Crippen LogP contribution in [0.3, 0.4) is 0 Å². The van der Waals surface area contributed by atoms with Gasteiger partial charge in [-0.1, -0.05) is 6.92 Å². The van der Waals surface area contributed by atoms with Gasteiger partial charge in [0.1, 0.15) is 6.61 Å². The van der Waals surface area contributed by atoms with Gasteiger partial charge in [-0.05, 0) is 36.8 Å². The first-order chi connectivity index (χ1) is 15.0. The topological polar surface area (TPSA) is 105 Å². The number of hydrogen-bond donors (Lipinski definition) is 3. The molecule has 2 aromatic rings. The molecule has 2 unspecified atom stereocenters. The number of nitrogens with one attached hydrogen (secondary N) is 2. The van der Waals surface area contributed by atoms with Crippen LogP contribution in [0.2, 0.25) is 0 Å². The van der Waals surface area contributed by atoms with Crippen LogP contribution < -0.4 is 24.6 Å². The van der Waals surface area contributed by atoms with E-state index >= 15 is 0 Å². The summed E-state index contributed by atoms with van der Waals surface area (Å²) in [5.74, 6) is 2.30. The molecule has 1 aromatic carbocycles. The minimum absolute atomic E-state index is 0.400. The molecule has 0 spiro atoms. The van der Waals surface area contributed by atoms with Crippen molar-refractivity contribution < 1.29 is 23.0 Å². The smallest absolute Gasteiger partial charge is 0.245 e. The molecule has 3 rings (SSSR count). The quantitative estimate of drug-likeness (QED) is 0.271. The Balaban J connectivity index is 1.71. The standard InChI is InChI=1S/C21H32N4O5S/c1-15(14-23-24-31(26)27)16-5-8-25(9-6-16)19-4-7-22-18-13-20(29-3)21(12-17(18)19)30-11-10-28-2/h4,7,12-13,15-16,23-24H,5-6,8-11,14H2,1-3H3,(H,26,27). The molecule has 0 aliphatic carbocycles. The second kappa shape index (κ2) is 11.6. The summed E-state index contributed by atoms with van der Waals surface area (Å²) in [7, 11) is 3.27. The summed E-state index contributed by atoms with van der Waals surface area (Å²) >= 11 is -2.04. The van der Waals surface area contributed by atoms with Crippen LogP contribution in [-0.2, 0) is 16.0 Å². The number of anilines is 1. The molecule has 1 aliphatic heterocycles. The fraction of sp³-hybridized carbons (Fsp3) is 0.571. The summed E-state index contributed by atoms with van der Waals surface area (Å²) in [6, 6.07) is 5.98. The van der Waals surface area contributed by atoms with Gasteiger partial charge in [-0.15, -0.1) is 0 Å². The number of hydrazine groups is 1. The first-order valence-corrected chi connectivity index (χ1v) is 11.6. The van der Waals surface area contributed by atoms with Crippen LogP contribution in [0.25, 0.3) is 10.9 Å². The summed E-state index contributed by atoms with van der Waals surface area (Å²) in [6.45, 7) is 5.66. The van der Waals surface area contributed by atoms with Gasteiger partial charge < -0.3 is 19.1 Å². The Morgan fingerprint density at radius 1 is 1.26 bits per heavy atom. The molecule has 0 bridgehead atoms. The molecular formula is C21H32N4O5S. The van der Waals surface area contributed by atoms with Crippen molar-refractivity contribution in [2.75, 3.05) is 52.0 Å². The van der Waals surface area contributed by atoms with Gasteiger partial charge in [0.2, 0.25) is 11.3 Å². The second-order valence-corrected chi connectivity index (χ2v) is 8.43. The predicted octanol–water partition coefficient (Wildman–Crippen LogP) is 2.35. The third-order valence-corrected chi connectivity index (χ3v) is 6.14. The van der Waals surface area contributed by atoms with E-state index in [0.29, 0.717) is 43.1 Å². The van der Waals surface area contributed by atoms with E-state index in [1.165, 1.54) is 0 Å². The minimum atomic E-state index is -2.04. The average molecular weight is 453 g/mol. The molecule has 0 amide bonds. The third-order valence-electron chi connectivity index (χ3n) is 5.82. The summed E-state index contributed by atoms with van der Waals surface area (Å²) in [5, 5.41) is 1.04. The number of aromatic nitrogens is 1. The minimum Gasteiger partial charge on any atom is -0.493 e. The van der Waals surface area contributed by atoms with E-state index in [0.717, 1.165) is 42.5 Å². The van der Waals surface area contributed by atoms with Crippen molar-refractivity contribution in [2.24, 2.45) is 11.8 Å². The van der Waals surface area contributed by atoms with Gasteiger partial charge in [-0.2, -0.15) is 4.83 Å². The molecule has 1 aromatic heterocycles. The predicted molar refractivity (Wildman–Crippen MR) is 122 cm³/mol. The van der Waals surface area contributed by atoms with Crippen LogP contribution in [0.1, 0.15) is 19.8 Å². The number of rotatable bonds is 11. The van der Waals surface area contributed by atoms with Gasteiger partial charge in [-0.3, -0.25) is 9.54 Å². The Morgan fingerprint density at radius 2 is 2.03 bits per heavy atom. The van der Waals surface area contributed by atoms with Crippen molar-refractivity contribution in [1.82, 2.24) is 15.2 Å². The molecule has 2 heterocycles. The number of piperidine rings is 1. The van der Waals surface area contributed by atoms with E-state index in [4.69, 9.17) is 18.8 Å². The summed E-state index contributed by atoms with van der Waals surface area (Å²) in [6.07, 6.45) is 3.95. The van der Waals surface area contributed by atoms with Crippen molar-refractivity contribution in [3.05, 3.63) is 24.4 Å². The zero-order chi connectivity index (χ0) is 22.2. The lowest BCUT2D eigenvalue weighted by Crippen LogP contribution is -2.41. The molecule has 1 aliphatic rings. The number of pyridine rings is 1. The molecule has 31 heavy (non-hydrogen) atoms. The third kappa shape index (κ3) is 6.27. The second-order valence-electron chi connectivity index (χ2n) is 7.73. The van der Waals surface area contributed by atoms with Crippen molar-refractivity contribution in [1.29, 1.82) is 0 Å². The molecule has 9 nitrogen and oxygen atoms in total. The number of nitrogens with zero attached hydrogens (tertiary/aromatic N) is 2. The molecular weight excluding hydrogens is 420 g/mol. The lowest BCUT2D eigenvalue weighted by atomic mass is 9.85. The maximum atomic E-state index is 10.7. The number of fused-ring (bicyclic) bond motifs is 1. The molecule has 2 atom stereocenters. The Bertz CT molecular complexity index is 876. The van der Waals surface area contributed by atoms with Crippen LogP contribution >= 0.6 is 0 Å². The maximum absolute atomic E-state index is 10.7. The Labute approximate surface area is 185 Å². The molecule has 1 saturated heterocycles. The summed E-state index contributed by atoms with van der Waals surface area (Å²) in [4.78, 5) is 9.26. The van der Waals surface area contributed by atoms with Crippen LogP contribution in [-0.4, -0.2) is 60.8 Å². The monoisotopic (exact) mass is 452 g/mol. The molecule has 172 valence electrons. The van der Waals surface area contributed by atoms with Gasteiger partial charge in [0.15, 0.2) is 11.5 Å². The van der Waals surface area contributed by atoms with Gasteiger partial charge >= 0.3 is 0 Å². The van der Waals surface area contributed by atoms with Crippen molar-refractivity contribution in [3.8, 4) is 11.5 Å². The summed E-state index contributed by atoms with van der Waals surface area (Å²) < 4.78 is 36.0. The zero-order valence-electron chi connectivity index (χ0n) is 18.3. The summed E-state index contributed by atoms with van der Waals surface area (Å²) in [5.41, 5.74) is 4.85. The van der Waals surface area contributed by atoms with Crippen molar-refractivity contribution in [3.63, 3.8) is 0 Å². The highest BCUT2D eigenvalue weighted by atomic mass is 32.2. The Hall–Kier alpha value is -1.98. The highest BCUT2D eigenvalue weighted by Gasteiger charge is 2.25. The van der Waals surface area contributed by atoms with E-state index in [1.54, 1.807) is 14.2 Å². The fourth-order valence-electron chi connectivity index (χ4n) is 4.06. The normalized spacial score (nSPS) is 17.0. The number of benzene rings is 1. The SMILES string of the molecule is COCCOc1cc2c(N3CCC(C(C)CNNS(=O)O)CC3)ccnc2cc1OC. The van der Waals surface area contributed by atoms with Crippen molar-refractivity contribution >= 4 is 27.9 Å². The van der Waals surface area contributed by atoms with Crippen LogP contribution in [0, 0.1) is 11.8 Å². The lowest BCUT2D eigenvalue weighted by molar-refractivity contribution is 0.144. The van der Waals surface area contributed by atoms with Crippen molar-refractivity contribution in [2.45, 2.75) is 19.8 Å². The van der Waals surface area contributed by atoms with Gasteiger partial charge in [0, 0.05) is 50.1 Å². The van der Waals surface area contributed by atoms with E-state index < -0.39 is 11.3 Å². The van der Waals surface area contributed by atoms with Gasteiger partial charge in [0.05, 0.1) is 19.2 Å². The maximum Gasteiger partial charge on any atom is 0.245 e. The van der Waals surface area contributed by atoms with E-state index in [2.05, 4.69) is 33.1 Å². The van der Waals surface area contributed by atoms with Gasteiger partial charge in [0.25, 0.3) is 0 Å². The Morgan fingerprint density at radius 3 is 2.71 bits per heavy atom. The van der Waals surface area contributed by atoms with E-state index in [9.17, 15) is 4.21 Å².